The summed E-state index contributed by atoms with van der Waals surface area (Å²) >= 11 is 0. The Morgan fingerprint density at radius 3 is 2.29 bits per heavy atom. The SMILES string of the molecule is C.CC(C)(C)C1CCN(S(=O)(=O)c2ccccc2-c2c3ccc(=[N+]4CCc5ccccc54)cc-3oc3cc(N4CCc5ccccc54)ccc23)CC1. The molecule has 7 heteroatoms. The van der Waals surface area contributed by atoms with E-state index in [1.807, 2.05) is 18.2 Å². The summed E-state index contributed by atoms with van der Waals surface area (Å²) in [6.07, 6.45) is 3.72. The van der Waals surface area contributed by atoms with Crippen molar-refractivity contribution in [1.82, 2.24) is 8.88 Å². The molecular formula is C45H48N3O3S+. The van der Waals surface area contributed by atoms with Crippen LogP contribution in [0.3, 0.4) is 0 Å². The number of para-hydroxylation sites is 2. The molecule has 9 rings (SSSR count). The summed E-state index contributed by atoms with van der Waals surface area (Å²) < 4.78 is 40.1. The molecule has 0 atom stereocenters. The highest BCUT2D eigenvalue weighted by molar-refractivity contribution is 7.89. The molecule has 0 radical (unpaired) electrons. The van der Waals surface area contributed by atoms with E-state index < -0.39 is 10.0 Å². The molecule has 0 unspecified atom stereocenters. The molecule has 52 heavy (non-hydrogen) atoms. The van der Waals surface area contributed by atoms with Gasteiger partial charge in [-0.25, -0.2) is 8.42 Å². The molecule has 4 aliphatic heterocycles. The second-order valence-corrected chi connectivity index (χ2v) is 17.3. The number of benzene rings is 5. The molecule has 0 N–H and O–H groups in total. The largest absolute Gasteiger partial charge is 0.456 e. The number of hydrogen-bond donors (Lipinski definition) is 0. The smallest absolute Gasteiger partial charge is 0.243 e. The summed E-state index contributed by atoms with van der Waals surface area (Å²) in [5.74, 6) is 1.23. The highest BCUT2D eigenvalue weighted by atomic mass is 32.2. The van der Waals surface area contributed by atoms with E-state index in [0.29, 0.717) is 29.5 Å². The van der Waals surface area contributed by atoms with Crippen molar-refractivity contribution in [1.29, 1.82) is 0 Å². The monoisotopic (exact) mass is 710 g/mol. The lowest BCUT2D eigenvalue weighted by molar-refractivity contribution is 0.154. The van der Waals surface area contributed by atoms with Gasteiger partial charge in [-0.05, 0) is 66.5 Å². The Bertz CT molecular complexity index is 2470. The Kier molecular flexibility index (Phi) is 8.62. The Labute approximate surface area is 308 Å². The third-order valence-corrected chi connectivity index (χ3v) is 13.5. The van der Waals surface area contributed by atoms with Gasteiger partial charge in [0.15, 0.2) is 6.54 Å². The Hall–Kier alpha value is -4.72. The molecular weight excluding hydrogens is 663 g/mol. The lowest BCUT2D eigenvalue weighted by atomic mass is 9.76. The van der Waals surface area contributed by atoms with E-state index in [4.69, 9.17) is 4.42 Å². The van der Waals surface area contributed by atoms with Crippen molar-refractivity contribution in [2.24, 2.45) is 11.3 Å². The number of fused-ring (bicyclic) bond motifs is 4. The van der Waals surface area contributed by atoms with Crippen molar-refractivity contribution < 1.29 is 12.8 Å². The lowest BCUT2D eigenvalue weighted by Crippen LogP contribution is -2.41. The number of piperidine rings is 1. The van der Waals surface area contributed by atoms with Gasteiger partial charge in [0.25, 0.3) is 0 Å². The van der Waals surface area contributed by atoms with Crippen LogP contribution >= 0.6 is 0 Å². The molecule has 0 spiro atoms. The first-order valence-corrected chi connectivity index (χ1v) is 19.7. The van der Waals surface area contributed by atoms with E-state index in [1.165, 1.54) is 22.5 Å². The number of sulfonamides is 1. The van der Waals surface area contributed by atoms with Gasteiger partial charge in [0.1, 0.15) is 11.3 Å². The van der Waals surface area contributed by atoms with Crippen LogP contribution in [0.25, 0.3) is 33.4 Å². The summed E-state index contributed by atoms with van der Waals surface area (Å²) in [6, 6.07) is 37.5. The van der Waals surface area contributed by atoms with Crippen LogP contribution in [-0.4, -0.2) is 38.9 Å². The van der Waals surface area contributed by atoms with Crippen molar-refractivity contribution >= 4 is 38.1 Å². The molecule has 4 aromatic rings. The zero-order chi connectivity index (χ0) is 34.9. The normalized spacial score (nSPS) is 17.7. The summed E-state index contributed by atoms with van der Waals surface area (Å²) in [6.45, 7) is 9.64. The van der Waals surface area contributed by atoms with Crippen molar-refractivity contribution in [2.45, 2.75) is 58.8 Å². The molecule has 1 saturated heterocycles. The number of anilines is 2. The highest BCUT2D eigenvalue weighted by Gasteiger charge is 2.36. The summed E-state index contributed by atoms with van der Waals surface area (Å²) in [7, 11) is -3.77. The molecule has 6 nitrogen and oxygen atoms in total. The Morgan fingerprint density at radius 2 is 1.48 bits per heavy atom. The zero-order valence-electron chi connectivity index (χ0n) is 29.6. The quantitative estimate of drug-likeness (QED) is 0.135. The van der Waals surface area contributed by atoms with E-state index >= 15 is 0 Å². The van der Waals surface area contributed by atoms with Crippen LogP contribution in [0.5, 0.6) is 0 Å². The van der Waals surface area contributed by atoms with Gasteiger partial charge in [-0.3, -0.25) is 0 Å². The molecule has 0 saturated carbocycles. The van der Waals surface area contributed by atoms with Gasteiger partial charge in [-0.2, -0.15) is 8.88 Å². The van der Waals surface area contributed by atoms with E-state index in [0.717, 1.165) is 77.7 Å². The first-order valence-electron chi connectivity index (χ1n) is 18.3. The van der Waals surface area contributed by atoms with E-state index in [-0.39, 0.29) is 12.8 Å². The first kappa shape index (κ1) is 34.4. The minimum atomic E-state index is -3.77. The second kappa shape index (κ2) is 13.0. The van der Waals surface area contributed by atoms with Crippen molar-refractivity contribution in [2.75, 3.05) is 31.1 Å². The summed E-state index contributed by atoms with van der Waals surface area (Å²) in [5.41, 5.74) is 9.57. The van der Waals surface area contributed by atoms with Crippen molar-refractivity contribution in [3.05, 3.63) is 126 Å². The predicted molar refractivity (Wildman–Crippen MR) is 213 cm³/mol. The molecule has 4 aromatic carbocycles. The molecule has 1 aliphatic carbocycles. The summed E-state index contributed by atoms with van der Waals surface area (Å²) in [5, 5.41) is 1.96. The highest BCUT2D eigenvalue weighted by Crippen LogP contribution is 2.45. The van der Waals surface area contributed by atoms with Gasteiger partial charge in [-0.15, -0.1) is 0 Å². The third kappa shape index (κ3) is 5.75. The number of rotatable bonds is 4. The van der Waals surface area contributed by atoms with Gasteiger partial charge < -0.3 is 9.32 Å². The van der Waals surface area contributed by atoms with Crippen LogP contribution in [-0.2, 0) is 22.9 Å². The first-order chi connectivity index (χ1) is 24.7. The zero-order valence-corrected chi connectivity index (χ0v) is 30.4. The lowest BCUT2D eigenvalue weighted by Gasteiger charge is -2.38. The summed E-state index contributed by atoms with van der Waals surface area (Å²) in [4.78, 5) is 2.70. The third-order valence-electron chi connectivity index (χ3n) is 11.5. The van der Waals surface area contributed by atoms with Gasteiger partial charge >= 0.3 is 0 Å². The Balaban J connectivity index is 0.00000387. The molecule has 0 bridgehead atoms. The van der Waals surface area contributed by atoms with Gasteiger partial charge in [0, 0.05) is 83.3 Å². The van der Waals surface area contributed by atoms with Gasteiger partial charge in [0.2, 0.25) is 21.1 Å². The van der Waals surface area contributed by atoms with Crippen LogP contribution in [0.15, 0.2) is 119 Å². The fraction of sp³-hybridized carbons (Fsp3) is 0.311. The van der Waals surface area contributed by atoms with E-state index in [9.17, 15) is 8.42 Å². The standard InChI is InChI=1S/C44H44N3O3S.CH4/c1-44(2,3)32-22-24-45(25-23-32)51(48,49)42-15-9-6-12-37(42)43-35-18-16-33(46-26-20-30-10-4-7-13-38(30)46)28-40(35)50-41-29-34(17-19-36(41)43)47-27-21-31-11-5-8-14-39(31)47;/h4-19,28-29,32H,20-27H2,1-3H3;1H4/q+1;. The van der Waals surface area contributed by atoms with Crippen LogP contribution in [0.4, 0.5) is 17.1 Å². The Morgan fingerprint density at radius 1 is 0.750 bits per heavy atom. The molecule has 0 aromatic heterocycles. The minimum absolute atomic E-state index is 0. The van der Waals surface area contributed by atoms with Crippen molar-refractivity contribution in [3.8, 4) is 22.5 Å². The van der Waals surface area contributed by atoms with Crippen LogP contribution < -0.4 is 14.8 Å². The topological polar surface area (TPSA) is 56.8 Å². The van der Waals surface area contributed by atoms with Crippen LogP contribution in [0.1, 0.15) is 52.2 Å². The van der Waals surface area contributed by atoms with Gasteiger partial charge in [0.05, 0.1) is 11.0 Å². The van der Waals surface area contributed by atoms with Crippen molar-refractivity contribution in [3.63, 3.8) is 0 Å². The molecule has 4 heterocycles. The molecule has 266 valence electrons. The fourth-order valence-electron chi connectivity index (χ4n) is 8.71. The maximum absolute atomic E-state index is 14.6. The molecule has 0 amide bonds. The molecule has 1 fully saturated rings. The van der Waals surface area contributed by atoms with E-state index in [1.54, 1.807) is 10.4 Å². The number of nitrogens with zero attached hydrogens (tertiary/aromatic N) is 3. The number of hydrogen-bond acceptors (Lipinski definition) is 4. The van der Waals surface area contributed by atoms with Gasteiger partial charge in [-0.1, -0.05) is 82.8 Å². The fourth-order valence-corrected chi connectivity index (χ4v) is 10.4. The average Bonchev–Trinajstić information content (AvgIpc) is 3.78. The average molecular weight is 711 g/mol. The minimum Gasteiger partial charge on any atom is -0.456 e. The maximum Gasteiger partial charge on any atom is 0.243 e. The predicted octanol–water partition coefficient (Wildman–Crippen LogP) is 9.64. The second-order valence-electron chi connectivity index (χ2n) is 15.4. The maximum atomic E-state index is 14.6. The molecule has 5 aliphatic rings. The van der Waals surface area contributed by atoms with Crippen LogP contribution in [0, 0.1) is 11.3 Å². The van der Waals surface area contributed by atoms with E-state index in [2.05, 4.69) is 115 Å². The van der Waals surface area contributed by atoms with Crippen LogP contribution in [0.2, 0.25) is 0 Å².